The number of aryl methyl sites for hydroxylation is 1. The van der Waals surface area contributed by atoms with E-state index in [4.69, 9.17) is 9.26 Å². The SMILES string of the molecule is Cc1onc(C(=O)N2CCC3(CCC3O)CC2)c1COc1ccccc1. The van der Waals surface area contributed by atoms with Crippen LogP contribution in [0.3, 0.4) is 0 Å². The average Bonchev–Trinajstić information content (AvgIpc) is 3.06. The number of likely N-dealkylation sites (tertiary alicyclic amines) is 1. The number of hydrogen-bond acceptors (Lipinski definition) is 5. The summed E-state index contributed by atoms with van der Waals surface area (Å²) in [4.78, 5) is 14.7. The van der Waals surface area contributed by atoms with Crippen LogP contribution < -0.4 is 4.74 Å². The summed E-state index contributed by atoms with van der Waals surface area (Å²) in [6.45, 7) is 3.35. The first kappa shape index (κ1) is 17.1. The summed E-state index contributed by atoms with van der Waals surface area (Å²) >= 11 is 0. The number of nitrogens with zero attached hydrogens (tertiary/aromatic N) is 2. The maximum absolute atomic E-state index is 12.9. The third kappa shape index (κ3) is 2.98. The smallest absolute Gasteiger partial charge is 0.276 e. The monoisotopic (exact) mass is 356 g/mol. The van der Waals surface area contributed by atoms with Crippen LogP contribution >= 0.6 is 0 Å². The van der Waals surface area contributed by atoms with Gasteiger partial charge in [0.25, 0.3) is 5.91 Å². The van der Waals surface area contributed by atoms with Crippen molar-refractivity contribution >= 4 is 5.91 Å². The fraction of sp³-hybridized carbons (Fsp3) is 0.500. The molecule has 2 aliphatic rings. The number of carbonyl (C=O) groups is 1. The molecule has 0 bridgehead atoms. The Morgan fingerprint density at radius 2 is 2.04 bits per heavy atom. The molecule has 1 atom stereocenters. The van der Waals surface area contributed by atoms with Crippen molar-refractivity contribution in [2.45, 2.75) is 45.3 Å². The number of piperidine rings is 1. The molecule has 1 saturated heterocycles. The molecule has 6 nitrogen and oxygen atoms in total. The fourth-order valence-electron chi connectivity index (χ4n) is 3.97. The van der Waals surface area contributed by atoms with E-state index in [-0.39, 0.29) is 24.0 Å². The van der Waals surface area contributed by atoms with Crippen molar-refractivity contribution in [2.24, 2.45) is 5.41 Å². The Labute approximate surface area is 152 Å². The molecule has 0 radical (unpaired) electrons. The molecule has 2 fully saturated rings. The van der Waals surface area contributed by atoms with E-state index >= 15 is 0 Å². The van der Waals surface area contributed by atoms with E-state index in [0.29, 0.717) is 30.1 Å². The lowest BCUT2D eigenvalue weighted by Crippen LogP contribution is -2.53. The minimum absolute atomic E-state index is 0.0375. The number of aliphatic hydroxyl groups excluding tert-OH is 1. The largest absolute Gasteiger partial charge is 0.489 e. The second-order valence-electron chi connectivity index (χ2n) is 7.38. The lowest BCUT2D eigenvalue weighted by molar-refractivity contribution is -0.0953. The van der Waals surface area contributed by atoms with Gasteiger partial charge in [-0.15, -0.1) is 0 Å². The number of aromatic nitrogens is 1. The lowest BCUT2D eigenvalue weighted by atomic mass is 9.61. The highest BCUT2D eigenvalue weighted by Gasteiger charge is 2.48. The van der Waals surface area contributed by atoms with Gasteiger partial charge in [0, 0.05) is 13.1 Å². The highest BCUT2D eigenvalue weighted by atomic mass is 16.5. The van der Waals surface area contributed by atoms with Gasteiger partial charge in [-0.1, -0.05) is 23.4 Å². The van der Waals surface area contributed by atoms with E-state index in [1.165, 1.54) is 0 Å². The molecule has 4 rings (SSSR count). The van der Waals surface area contributed by atoms with Crippen molar-refractivity contribution in [1.82, 2.24) is 10.1 Å². The van der Waals surface area contributed by atoms with Crippen LogP contribution in [0.2, 0.25) is 0 Å². The van der Waals surface area contributed by atoms with Crippen molar-refractivity contribution < 1.29 is 19.2 Å². The van der Waals surface area contributed by atoms with Crippen LogP contribution in [0.5, 0.6) is 5.75 Å². The normalized spacial score (nSPS) is 21.5. The molecule has 2 heterocycles. The minimum atomic E-state index is -0.205. The number of carbonyl (C=O) groups excluding carboxylic acids is 1. The van der Waals surface area contributed by atoms with Gasteiger partial charge in [-0.2, -0.15) is 0 Å². The summed E-state index contributed by atoms with van der Waals surface area (Å²) in [6.07, 6.45) is 3.45. The van der Waals surface area contributed by atoms with Gasteiger partial charge in [0.15, 0.2) is 5.69 Å². The zero-order chi connectivity index (χ0) is 18.1. The second-order valence-corrected chi connectivity index (χ2v) is 7.38. The van der Waals surface area contributed by atoms with E-state index in [9.17, 15) is 9.90 Å². The molecule has 1 aliphatic heterocycles. The number of rotatable bonds is 4. The second kappa shape index (κ2) is 6.76. The third-order valence-corrected chi connectivity index (χ3v) is 5.98. The average molecular weight is 356 g/mol. The maximum atomic E-state index is 12.9. The Hall–Kier alpha value is -2.34. The topological polar surface area (TPSA) is 75.8 Å². The Balaban J connectivity index is 1.43. The molecule has 1 aliphatic carbocycles. The van der Waals surface area contributed by atoms with Crippen molar-refractivity contribution in [3.63, 3.8) is 0 Å². The highest BCUT2D eigenvalue weighted by Crippen LogP contribution is 2.49. The van der Waals surface area contributed by atoms with Gasteiger partial charge in [0.2, 0.25) is 0 Å². The predicted molar refractivity (Wildman–Crippen MR) is 94.8 cm³/mol. The zero-order valence-electron chi connectivity index (χ0n) is 15.0. The van der Waals surface area contributed by atoms with Crippen molar-refractivity contribution in [3.05, 3.63) is 47.3 Å². The molecule has 1 N–H and O–H groups in total. The summed E-state index contributed by atoms with van der Waals surface area (Å²) in [7, 11) is 0. The van der Waals surface area contributed by atoms with Crippen LogP contribution in [0.15, 0.2) is 34.9 Å². The Kier molecular flexibility index (Phi) is 4.44. The predicted octanol–water partition coefficient (Wildman–Crippen LogP) is 2.94. The summed E-state index contributed by atoms with van der Waals surface area (Å²) in [5, 5.41) is 14.0. The van der Waals surface area contributed by atoms with Crippen molar-refractivity contribution in [3.8, 4) is 5.75 Å². The van der Waals surface area contributed by atoms with Gasteiger partial charge in [-0.3, -0.25) is 4.79 Å². The van der Waals surface area contributed by atoms with Crippen molar-refractivity contribution in [1.29, 1.82) is 0 Å². The van der Waals surface area contributed by atoms with Crippen LogP contribution in [0.1, 0.15) is 47.5 Å². The molecule has 6 heteroatoms. The lowest BCUT2D eigenvalue weighted by Gasteiger charge is -2.51. The number of para-hydroxylation sites is 1. The zero-order valence-corrected chi connectivity index (χ0v) is 15.0. The number of hydrogen-bond donors (Lipinski definition) is 1. The van der Waals surface area contributed by atoms with Crippen LogP contribution in [-0.2, 0) is 6.61 Å². The van der Waals surface area contributed by atoms with E-state index in [1.807, 2.05) is 35.2 Å². The molecule has 26 heavy (non-hydrogen) atoms. The van der Waals surface area contributed by atoms with Gasteiger partial charge < -0.3 is 19.3 Å². The first-order chi connectivity index (χ1) is 12.6. The Morgan fingerprint density at radius 1 is 1.31 bits per heavy atom. The van der Waals surface area contributed by atoms with Gasteiger partial charge in [-0.25, -0.2) is 0 Å². The Morgan fingerprint density at radius 3 is 2.65 bits per heavy atom. The standard InChI is InChI=1S/C20H24N2O4/c1-14-16(13-25-15-5-3-2-4-6-15)18(21-26-14)19(24)22-11-9-20(10-12-22)8-7-17(20)23/h2-6,17,23H,7-13H2,1H3. The molecule has 138 valence electrons. The van der Waals surface area contributed by atoms with Crippen molar-refractivity contribution in [2.75, 3.05) is 13.1 Å². The van der Waals surface area contributed by atoms with Gasteiger partial charge in [0.1, 0.15) is 18.1 Å². The van der Waals surface area contributed by atoms with E-state index in [1.54, 1.807) is 6.92 Å². The summed E-state index contributed by atoms with van der Waals surface area (Å²) in [5.41, 5.74) is 1.07. The van der Waals surface area contributed by atoms with E-state index in [2.05, 4.69) is 5.16 Å². The first-order valence-corrected chi connectivity index (χ1v) is 9.19. The molecule has 1 aromatic carbocycles. The maximum Gasteiger partial charge on any atom is 0.276 e. The van der Waals surface area contributed by atoms with E-state index in [0.717, 1.165) is 31.4 Å². The number of aliphatic hydroxyl groups is 1. The molecule has 2 aromatic rings. The first-order valence-electron chi connectivity index (χ1n) is 9.19. The molecule has 1 aromatic heterocycles. The summed E-state index contributed by atoms with van der Waals surface area (Å²) in [5.74, 6) is 1.23. The minimum Gasteiger partial charge on any atom is -0.489 e. The van der Waals surface area contributed by atoms with Crippen LogP contribution in [-0.4, -0.2) is 40.3 Å². The van der Waals surface area contributed by atoms with Gasteiger partial charge >= 0.3 is 0 Å². The van der Waals surface area contributed by atoms with Gasteiger partial charge in [-0.05, 0) is 50.2 Å². The molecule has 1 saturated carbocycles. The third-order valence-electron chi connectivity index (χ3n) is 5.98. The molecular weight excluding hydrogens is 332 g/mol. The fourth-order valence-corrected chi connectivity index (χ4v) is 3.97. The van der Waals surface area contributed by atoms with Crippen LogP contribution in [0.4, 0.5) is 0 Å². The highest BCUT2D eigenvalue weighted by molar-refractivity contribution is 5.93. The summed E-state index contributed by atoms with van der Waals surface area (Å²) in [6, 6.07) is 9.48. The number of benzene rings is 1. The molecule has 1 unspecified atom stereocenters. The number of amides is 1. The Bertz CT molecular complexity index is 778. The molecule has 1 spiro atoms. The van der Waals surface area contributed by atoms with Crippen LogP contribution in [0, 0.1) is 12.3 Å². The summed E-state index contributed by atoms with van der Waals surface area (Å²) < 4.78 is 11.0. The quantitative estimate of drug-likeness (QED) is 0.911. The molecular formula is C20H24N2O4. The molecule has 1 amide bonds. The van der Waals surface area contributed by atoms with E-state index < -0.39 is 0 Å². The van der Waals surface area contributed by atoms with Gasteiger partial charge in [0.05, 0.1) is 11.7 Å². The number of ether oxygens (including phenoxy) is 1. The van der Waals surface area contributed by atoms with Crippen LogP contribution in [0.25, 0.3) is 0 Å².